The first-order valence-corrected chi connectivity index (χ1v) is 12.2. The maximum atomic E-state index is 13.0. The molecule has 1 amide bonds. The van der Waals surface area contributed by atoms with Gasteiger partial charge in [0.1, 0.15) is 5.75 Å². The van der Waals surface area contributed by atoms with E-state index in [2.05, 4.69) is 72.7 Å². The van der Waals surface area contributed by atoms with E-state index in [4.69, 9.17) is 9.72 Å². The summed E-state index contributed by atoms with van der Waals surface area (Å²) in [6.45, 7) is 6.16. The van der Waals surface area contributed by atoms with Gasteiger partial charge in [-0.15, -0.1) is 0 Å². The number of aryl methyl sites for hydroxylation is 2. The molecule has 174 valence electrons. The zero-order valence-corrected chi connectivity index (χ0v) is 20.7. The number of nitrogens with zero attached hydrogens (tertiary/aromatic N) is 1. The van der Waals surface area contributed by atoms with Crippen molar-refractivity contribution >= 4 is 23.4 Å². The Morgan fingerprint density at radius 3 is 2.26 bits per heavy atom. The number of carbonyl (C=O) groups is 1. The molecule has 0 aliphatic heterocycles. The summed E-state index contributed by atoms with van der Waals surface area (Å²) in [5.74, 6) is 0.640. The van der Waals surface area contributed by atoms with E-state index in [0.29, 0.717) is 17.9 Å². The third-order valence-electron chi connectivity index (χ3n) is 5.60. The van der Waals surface area contributed by atoms with Crippen LogP contribution in [0.3, 0.4) is 0 Å². The van der Waals surface area contributed by atoms with Crippen LogP contribution in [0.2, 0.25) is 0 Å². The molecule has 3 aromatic carbocycles. The average Bonchev–Trinajstić information content (AvgIpc) is 3.27. The smallest absolute Gasteiger partial charge is 0.237 e. The van der Waals surface area contributed by atoms with Gasteiger partial charge >= 0.3 is 0 Å². The van der Waals surface area contributed by atoms with E-state index in [9.17, 15) is 4.79 Å². The minimum absolute atomic E-state index is 0.0640. The lowest BCUT2D eigenvalue weighted by Crippen LogP contribution is -2.24. The summed E-state index contributed by atoms with van der Waals surface area (Å²) in [6, 6.07) is 24.1. The van der Waals surface area contributed by atoms with E-state index in [1.165, 1.54) is 22.9 Å². The van der Waals surface area contributed by atoms with Crippen LogP contribution in [-0.4, -0.2) is 28.2 Å². The lowest BCUT2D eigenvalue weighted by molar-refractivity contribution is -0.115. The minimum Gasteiger partial charge on any atom is -0.497 e. The Kier molecular flexibility index (Phi) is 7.38. The topological polar surface area (TPSA) is 67.0 Å². The molecule has 0 saturated heterocycles. The van der Waals surface area contributed by atoms with Crippen molar-refractivity contribution in [1.82, 2.24) is 9.97 Å². The zero-order valence-electron chi connectivity index (χ0n) is 19.9. The molecule has 5 nitrogen and oxygen atoms in total. The molecule has 0 bridgehead atoms. The fourth-order valence-corrected chi connectivity index (χ4v) is 4.54. The Morgan fingerprint density at radius 2 is 1.65 bits per heavy atom. The lowest BCUT2D eigenvalue weighted by atomic mass is 10.0. The molecule has 4 aromatic rings. The van der Waals surface area contributed by atoms with E-state index in [-0.39, 0.29) is 11.2 Å². The first-order chi connectivity index (χ1) is 16.5. The van der Waals surface area contributed by atoms with Gasteiger partial charge in [-0.2, -0.15) is 0 Å². The molecule has 1 unspecified atom stereocenters. The van der Waals surface area contributed by atoms with Crippen LogP contribution in [0.25, 0.3) is 22.5 Å². The van der Waals surface area contributed by atoms with E-state index >= 15 is 0 Å². The number of hydrogen-bond acceptors (Lipinski definition) is 4. The quantitative estimate of drug-likeness (QED) is 0.275. The Bertz CT molecular complexity index is 1200. The number of rotatable bonds is 8. The number of nitrogens with one attached hydrogen (secondary N) is 2. The number of amides is 1. The van der Waals surface area contributed by atoms with E-state index < -0.39 is 0 Å². The van der Waals surface area contributed by atoms with Crippen molar-refractivity contribution in [1.29, 1.82) is 0 Å². The average molecular weight is 472 g/mol. The van der Waals surface area contributed by atoms with Crippen LogP contribution < -0.4 is 10.1 Å². The predicted octanol–water partition coefficient (Wildman–Crippen LogP) is 6.88. The number of benzene rings is 3. The van der Waals surface area contributed by atoms with E-state index in [0.717, 1.165) is 27.7 Å². The van der Waals surface area contributed by atoms with Gasteiger partial charge < -0.3 is 15.0 Å². The highest BCUT2D eigenvalue weighted by Gasteiger charge is 2.22. The maximum absolute atomic E-state index is 13.0. The summed E-state index contributed by atoms with van der Waals surface area (Å²) < 4.78 is 5.26. The van der Waals surface area contributed by atoms with Crippen LogP contribution in [0.5, 0.6) is 5.75 Å². The van der Waals surface area contributed by atoms with Crippen LogP contribution in [0.15, 0.2) is 78.0 Å². The summed E-state index contributed by atoms with van der Waals surface area (Å²) in [4.78, 5) is 21.4. The largest absolute Gasteiger partial charge is 0.497 e. The highest BCUT2D eigenvalue weighted by molar-refractivity contribution is 8.00. The fourth-order valence-electron chi connectivity index (χ4n) is 3.64. The van der Waals surface area contributed by atoms with Gasteiger partial charge in [-0.3, -0.25) is 4.79 Å². The second-order valence-electron chi connectivity index (χ2n) is 8.23. The van der Waals surface area contributed by atoms with Gasteiger partial charge in [-0.25, -0.2) is 4.98 Å². The third-order valence-corrected chi connectivity index (χ3v) is 6.85. The first-order valence-electron chi connectivity index (χ1n) is 11.3. The summed E-state index contributed by atoms with van der Waals surface area (Å²) in [7, 11) is 1.61. The zero-order chi connectivity index (χ0) is 24.1. The van der Waals surface area contributed by atoms with Crippen molar-refractivity contribution < 1.29 is 9.53 Å². The highest BCUT2D eigenvalue weighted by atomic mass is 32.2. The molecule has 2 N–H and O–H groups in total. The van der Waals surface area contributed by atoms with Gasteiger partial charge in [0, 0.05) is 22.9 Å². The molecule has 0 aliphatic carbocycles. The van der Waals surface area contributed by atoms with Gasteiger partial charge in [0.25, 0.3) is 0 Å². The van der Waals surface area contributed by atoms with Crippen molar-refractivity contribution in [2.75, 3.05) is 12.4 Å². The van der Waals surface area contributed by atoms with Crippen LogP contribution in [0.4, 0.5) is 5.69 Å². The number of hydrogen-bond donors (Lipinski definition) is 2. The van der Waals surface area contributed by atoms with Crippen LogP contribution in [-0.2, 0) is 4.79 Å². The number of imidazole rings is 1. The van der Waals surface area contributed by atoms with Gasteiger partial charge in [-0.05, 0) is 32.4 Å². The lowest BCUT2D eigenvalue weighted by Gasteiger charge is -2.14. The normalized spacial score (nSPS) is 11.8. The Hall–Kier alpha value is -3.51. The number of thioether (sulfide) groups is 1. The monoisotopic (exact) mass is 471 g/mol. The molecule has 1 atom stereocenters. The molecule has 1 heterocycles. The molecule has 0 fully saturated rings. The summed E-state index contributed by atoms with van der Waals surface area (Å²) >= 11 is 1.45. The molecule has 4 rings (SSSR count). The van der Waals surface area contributed by atoms with Crippen molar-refractivity contribution in [2.24, 2.45) is 0 Å². The second-order valence-corrected chi connectivity index (χ2v) is 9.42. The summed E-state index contributed by atoms with van der Waals surface area (Å²) in [5, 5.41) is 3.43. The van der Waals surface area contributed by atoms with Crippen molar-refractivity contribution in [2.45, 2.75) is 37.6 Å². The number of anilines is 1. The molecule has 0 saturated carbocycles. The Labute approximate surface area is 205 Å². The van der Waals surface area contributed by atoms with Crippen LogP contribution >= 0.6 is 11.8 Å². The van der Waals surface area contributed by atoms with Crippen molar-refractivity contribution in [3.63, 3.8) is 0 Å². The molecule has 1 aromatic heterocycles. The SMILES string of the molecule is CCC(Sc1nc(-c2ccc(C)cc2)c(-c2ccc(C)cc2)[nH]1)C(=O)Nc1cccc(OC)c1. The van der Waals surface area contributed by atoms with Crippen molar-refractivity contribution in [3.8, 4) is 28.3 Å². The fraction of sp³-hybridized carbons (Fsp3) is 0.214. The van der Waals surface area contributed by atoms with E-state index in [1.54, 1.807) is 7.11 Å². The molecule has 34 heavy (non-hydrogen) atoms. The summed E-state index contributed by atoms with van der Waals surface area (Å²) in [5.41, 5.74) is 7.06. The standard InChI is InChI=1S/C28H29N3O2S/c1-5-24(27(32)29-22-7-6-8-23(17-22)33-4)34-28-30-25(20-13-9-18(2)10-14-20)26(31-28)21-15-11-19(3)12-16-21/h6-17,24H,5H2,1-4H3,(H,29,32)(H,30,31). The highest BCUT2D eigenvalue weighted by Crippen LogP contribution is 2.35. The van der Waals surface area contributed by atoms with E-state index in [1.807, 2.05) is 31.2 Å². The van der Waals surface area contributed by atoms with Crippen LogP contribution in [0.1, 0.15) is 24.5 Å². The van der Waals surface area contributed by atoms with Gasteiger partial charge in [-0.1, -0.05) is 84.4 Å². The number of aromatic nitrogens is 2. The van der Waals surface area contributed by atoms with Gasteiger partial charge in [0.05, 0.1) is 23.7 Å². The Balaban J connectivity index is 1.62. The number of methoxy groups -OCH3 is 1. The maximum Gasteiger partial charge on any atom is 0.237 e. The molecular formula is C28H29N3O2S. The van der Waals surface area contributed by atoms with Gasteiger partial charge in [0.2, 0.25) is 5.91 Å². The molecule has 0 aliphatic rings. The van der Waals surface area contributed by atoms with Gasteiger partial charge in [0.15, 0.2) is 5.16 Å². The third kappa shape index (κ3) is 5.51. The predicted molar refractivity (Wildman–Crippen MR) is 140 cm³/mol. The molecular weight excluding hydrogens is 442 g/mol. The number of H-pyrrole nitrogens is 1. The van der Waals surface area contributed by atoms with Crippen molar-refractivity contribution in [3.05, 3.63) is 83.9 Å². The minimum atomic E-state index is -0.297. The summed E-state index contributed by atoms with van der Waals surface area (Å²) in [6.07, 6.45) is 0.668. The molecule has 0 radical (unpaired) electrons. The number of ether oxygens (including phenoxy) is 1. The van der Waals surface area contributed by atoms with Crippen LogP contribution in [0, 0.1) is 13.8 Å². The number of aromatic amines is 1. The number of carbonyl (C=O) groups excluding carboxylic acids is 1. The second kappa shape index (κ2) is 10.6. The molecule has 0 spiro atoms. The molecule has 6 heteroatoms. The Morgan fingerprint density at radius 1 is 1.00 bits per heavy atom. The first kappa shape index (κ1) is 23.6.